The molecule has 0 saturated carbocycles. The fraction of sp³-hybridized carbons (Fsp3) is 0. The molecule has 0 bridgehead atoms. The Morgan fingerprint density at radius 2 is 0.804 bits per heavy atom. The quantitative estimate of drug-likeness (QED) is 0.186. The summed E-state index contributed by atoms with van der Waals surface area (Å²) in [6.45, 7) is 0. The molecule has 0 atom stereocenters. The molecule has 0 unspecified atom stereocenters. The van der Waals surface area contributed by atoms with Crippen molar-refractivity contribution in [3.63, 3.8) is 0 Å². The summed E-state index contributed by atoms with van der Waals surface area (Å²) in [6, 6.07) is 65.5. The SMILES string of the molecule is c1ccc(-n2c3ccccc3c3cc(-c4ccc5c(c4)c4ccccc4n5-c4ccc(-c5cccc6oc7ccccc7c56)cc4)ccc32)cc1. The Balaban J connectivity index is 1.04. The number of nitrogens with zero attached hydrogens (tertiary/aromatic N) is 2. The van der Waals surface area contributed by atoms with Gasteiger partial charge in [0.2, 0.25) is 0 Å². The van der Waals surface area contributed by atoms with Crippen molar-refractivity contribution in [3.05, 3.63) is 182 Å². The van der Waals surface area contributed by atoms with Crippen LogP contribution in [0.1, 0.15) is 0 Å². The predicted octanol–water partition coefficient (Wildman–Crippen LogP) is 13.1. The van der Waals surface area contributed by atoms with E-state index in [4.69, 9.17) is 4.42 Å². The topological polar surface area (TPSA) is 23.0 Å². The number of benzene rings is 8. The van der Waals surface area contributed by atoms with Crippen molar-refractivity contribution >= 4 is 65.6 Å². The number of rotatable bonds is 4. The van der Waals surface area contributed by atoms with Gasteiger partial charge in [0.05, 0.1) is 22.1 Å². The first-order chi connectivity index (χ1) is 25.3. The summed E-state index contributed by atoms with van der Waals surface area (Å²) in [6.07, 6.45) is 0. The summed E-state index contributed by atoms with van der Waals surface area (Å²) in [4.78, 5) is 0. The number of hydrogen-bond acceptors (Lipinski definition) is 1. The van der Waals surface area contributed by atoms with E-state index >= 15 is 0 Å². The van der Waals surface area contributed by atoms with E-state index in [0.29, 0.717) is 0 Å². The number of furan rings is 1. The van der Waals surface area contributed by atoms with Crippen LogP contribution in [0, 0.1) is 0 Å². The Bertz CT molecular complexity index is 3120. The zero-order valence-electron chi connectivity index (χ0n) is 27.6. The largest absolute Gasteiger partial charge is 0.456 e. The van der Waals surface area contributed by atoms with E-state index in [2.05, 4.69) is 179 Å². The molecule has 3 heteroatoms. The van der Waals surface area contributed by atoms with E-state index in [1.54, 1.807) is 0 Å². The van der Waals surface area contributed by atoms with Crippen LogP contribution in [-0.2, 0) is 0 Å². The van der Waals surface area contributed by atoms with Gasteiger partial charge in [-0.05, 0) is 95.1 Å². The van der Waals surface area contributed by atoms with E-state index < -0.39 is 0 Å². The average molecular weight is 651 g/mol. The lowest BCUT2D eigenvalue weighted by Gasteiger charge is -2.11. The van der Waals surface area contributed by atoms with Crippen LogP contribution in [0.5, 0.6) is 0 Å². The molecule has 0 aliphatic heterocycles. The highest BCUT2D eigenvalue weighted by molar-refractivity contribution is 6.14. The molecule has 3 heterocycles. The molecule has 0 radical (unpaired) electrons. The van der Waals surface area contributed by atoms with Crippen molar-refractivity contribution in [2.75, 3.05) is 0 Å². The Kier molecular flexibility index (Phi) is 5.96. The van der Waals surface area contributed by atoms with E-state index in [1.807, 2.05) is 12.1 Å². The van der Waals surface area contributed by atoms with Crippen LogP contribution in [0.4, 0.5) is 0 Å². The normalized spacial score (nSPS) is 11.9. The van der Waals surface area contributed by atoms with Gasteiger partial charge >= 0.3 is 0 Å². The van der Waals surface area contributed by atoms with Crippen molar-refractivity contribution in [1.82, 2.24) is 9.13 Å². The van der Waals surface area contributed by atoms with Gasteiger partial charge in [0.25, 0.3) is 0 Å². The van der Waals surface area contributed by atoms with Crippen LogP contribution >= 0.6 is 0 Å². The Morgan fingerprint density at radius 1 is 0.314 bits per heavy atom. The van der Waals surface area contributed by atoms with Crippen LogP contribution in [0.3, 0.4) is 0 Å². The first kappa shape index (κ1) is 28.0. The highest BCUT2D eigenvalue weighted by Crippen LogP contribution is 2.40. The molecular formula is C48H30N2O. The second kappa shape index (κ2) is 10.8. The Labute approximate surface area is 293 Å². The molecule has 0 spiro atoms. The molecular weight excluding hydrogens is 621 g/mol. The second-order valence-electron chi connectivity index (χ2n) is 13.3. The summed E-state index contributed by atoms with van der Waals surface area (Å²) in [5.41, 5.74) is 13.7. The van der Waals surface area contributed by atoms with Gasteiger partial charge < -0.3 is 13.6 Å². The third kappa shape index (κ3) is 4.19. The summed E-state index contributed by atoms with van der Waals surface area (Å²) in [7, 11) is 0. The van der Waals surface area contributed by atoms with Crippen molar-refractivity contribution in [3.8, 4) is 33.6 Å². The molecule has 0 aliphatic carbocycles. The standard InChI is InChI=1S/C48H30N2O/c1-2-11-34(12-3-1)49-42-17-7-4-13-37(42)40-29-32(23-27-44(40)49)33-24-28-45-41(30-33)38-14-5-8-18-43(38)50(45)35-25-21-31(22-26-35)36-16-10-20-47-48(36)39-15-6-9-19-46(39)51-47/h1-30H. The second-order valence-corrected chi connectivity index (χ2v) is 13.3. The van der Waals surface area contributed by atoms with Crippen LogP contribution in [-0.4, -0.2) is 9.13 Å². The van der Waals surface area contributed by atoms with Crippen molar-refractivity contribution in [1.29, 1.82) is 0 Å². The molecule has 0 N–H and O–H groups in total. The molecule has 238 valence electrons. The smallest absolute Gasteiger partial charge is 0.136 e. The molecule has 0 saturated heterocycles. The molecule has 0 fully saturated rings. The molecule has 0 aliphatic rings. The lowest BCUT2D eigenvalue weighted by Crippen LogP contribution is -1.94. The van der Waals surface area contributed by atoms with Gasteiger partial charge in [-0.15, -0.1) is 0 Å². The number of para-hydroxylation sites is 4. The maximum atomic E-state index is 6.19. The fourth-order valence-corrected chi connectivity index (χ4v) is 8.24. The van der Waals surface area contributed by atoms with E-state index in [0.717, 1.165) is 27.6 Å². The predicted molar refractivity (Wildman–Crippen MR) is 213 cm³/mol. The van der Waals surface area contributed by atoms with Crippen LogP contribution in [0.2, 0.25) is 0 Å². The van der Waals surface area contributed by atoms with Crippen LogP contribution in [0.25, 0.3) is 99.2 Å². The molecule has 51 heavy (non-hydrogen) atoms. The highest BCUT2D eigenvalue weighted by atomic mass is 16.3. The Morgan fingerprint density at radius 3 is 1.45 bits per heavy atom. The first-order valence-electron chi connectivity index (χ1n) is 17.4. The average Bonchev–Trinajstić information content (AvgIpc) is 3.85. The van der Waals surface area contributed by atoms with Crippen LogP contribution in [0.15, 0.2) is 186 Å². The van der Waals surface area contributed by atoms with Gasteiger partial charge in [-0.25, -0.2) is 0 Å². The minimum Gasteiger partial charge on any atom is -0.456 e. The summed E-state index contributed by atoms with van der Waals surface area (Å²) in [5, 5.41) is 7.31. The maximum absolute atomic E-state index is 6.19. The Hall–Kier alpha value is -6.84. The van der Waals surface area contributed by atoms with E-state index in [-0.39, 0.29) is 0 Å². The van der Waals surface area contributed by atoms with Crippen LogP contribution < -0.4 is 0 Å². The van der Waals surface area contributed by atoms with Gasteiger partial charge in [0.1, 0.15) is 11.2 Å². The minimum atomic E-state index is 0.914. The monoisotopic (exact) mass is 650 g/mol. The third-order valence-electron chi connectivity index (χ3n) is 10.5. The zero-order valence-corrected chi connectivity index (χ0v) is 27.6. The zero-order chi connectivity index (χ0) is 33.5. The lowest BCUT2D eigenvalue weighted by molar-refractivity contribution is 0.669. The summed E-state index contributed by atoms with van der Waals surface area (Å²) >= 11 is 0. The van der Waals surface area contributed by atoms with E-state index in [1.165, 1.54) is 71.6 Å². The van der Waals surface area contributed by atoms with Gasteiger partial charge in [-0.2, -0.15) is 0 Å². The number of fused-ring (bicyclic) bond motifs is 9. The third-order valence-corrected chi connectivity index (χ3v) is 10.5. The summed E-state index contributed by atoms with van der Waals surface area (Å²) < 4.78 is 11.0. The number of hydrogen-bond donors (Lipinski definition) is 0. The molecule has 0 amide bonds. The van der Waals surface area contributed by atoms with Gasteiger partial charge in [0, 0.05) is 43.7 Å². The van der Waals surface area contributed by atoms with Crippen molar-refractivity contribution in [2.45, 2.75) is 0 Å². The summed E-state index contributed by atoms with van der Waals surface area (Å²) in [5.74, 6) is 0. The van der Waals surface area contributed by atoms with Gasteiger partial charge in [-0.1, -0.05) is 109 Å². The lowest BCUT2D eigenvalue weighted by atomic mass is 9.99. The molecule has 8 aromatic carbocycles. The molecule has 11 rings (SSSR count). The maximum Gasteiger partial charge on any atom is 0.136 e. The highest BCUT2D eigenvalue weighted by Gasteiger charge is 2.17. The van der Waals surface area contributed by atoms with Crippen molar-refractivity contribution < 1.29 is 4.42 Å². The minimum absolute atomic E-state index is 0.914. The molecule has 11 aromatic rings. The van der Waals surface area contributed by atoms with Crippen molar-refractivity contribution in [2.24, 2.45) is 0 Å². The fourth-order valence-electron chi connectivity index (χ4n) is 8.24. The molecule has 3 aromatic heterocycles. The van der Waals surface area contributed by atoms with Gasteiger partial charge in [0.15, 0.2) is 0 Å². The number of aromatic nitrogens is 2. The molecule has 3 nitrogen and oxygen atoms in total. The first-order valence-corrected chi connectivity index (χ1v) is 17.4. The van der Waals surface area contributed by atoms with Gasteiger partial charge in [-0.3, -0.25) is 0 Å². The van der Waals surface area contributed by atoms with E-state index in [9.17, 15) is 0 Å².